The van der Waals surface area contributed by atoms with Crippen LogP contribution in [0.2, 0.25) is 0 Å². The van der Waals surface area contributed by atoms with Gasteiger partial charge in [0, 0.05) is 0 Å². The first-order valence-corrected chi connectivity index (χ1v) is 11.6. The standard InChI is InChI=1S/C22H27N3O5S/c1-4-12-30-20(26)14-23-22-24-18-11-10-17(21(27)16-8-6-5-7-9-16)13-19(18)25(22)31(28,29)15(2)3/h5-11,13,15,21,27H,4,12,14H2,1-3H3,(H,23,24). The molecular weight excluding hydrogens is 418 g/mol. The van der Waals surface area contributed by atoms with Crippen molar-refractivity contribution < 1.29 is 23.1 Å². The van der Waals surface area contributed by atoms with E-state index in [-0.39, 0.29) is 12.5 Å². The molecule has 2 N–H and O–H groups in total. The SMILES string of the molecule is CCCOC(=O)CNc1nc2ccc(C(O)c3ccccc3)cc2n1S(=O)(=O)C(C)C. The average molecular weight is 446 g/mol. The Kier molecular flexibility index (Phi) is 6.97. The Balaban J connectivity index is 2.05. The molecule has 0 aliphatic carbocycles. The number of anilines is 1. The third kappa shape index (κ3) is 4.88. The summed E-state index contributed by atoms with van der Waals surface area (Å²) in [5.74, 6) is -0.467. The Morgan fingerprint density at radius 2 is 1.87 bits per heavy atom. The van der Waals surface area contributed by atoms with Crippen molar-refractivity contribution in [2.24, 2.45) is 0 Å². The van der Waals surface area contributed by atoms with Crippen molar-refractivity contribution in [2.45, 2.75) is 38.5 Å². The summed E-state index contributed by atoms with van der Waals surface area (Å²) in [6.07, 6.45) is -0.227. The maximum Gasteiger partial charge on any atom is 0.325 e. The summed E-state index contributed by atoms with van der Waals surface area (Å²) < 4.78 is 32.3. The van der Waals surface area contributed by atoms with Gasteiger partial charge < -0.3 is 15.2 Å². The Morgan fingerprint density at radius 3 is 2.52 bits per heavy atom. The number of fused-ring (bicyclic) bond motifs is 1. The summed E-state index contributed by atoms with van der Waals surface area (Å²) in [5.41, 5.74) is 1.98. The number of carbonyl (C=O) groups excluding carboxylic acids is 1. The molecule has 1 aromatic heterocycles. The van der Waals surface area contributed by atoms with Gasteiger partial charge in [0.1, 0.15) is 12.6 Å². The van der Waals surface area contributed by atoms with Gasteiger partial charge in [0.05, 0.1) is 22.9 Å². The molecule has 0 spiro atoms. The van der Waals surface area contributed by atoms with E-state index in [1.54, 1.807) is 44.2 Å². The fourth-order valence-electron chi connectivity index (χ4n) is 3.07. The molecule has 0 fully saturated rings. The van der Waals surface area contributed by atoms with Gasteiger partial charge >= 0.3 is 5.97 Å². The van der Waals surface area contributed by atoms with Crippen molar-refractivity contribution in [2.75, 3.05) is 18.5 Å². The average Bonchev–Trinajstić information content (AvgIpc) is 3.14. The van der Waals surface area contributed by atoms with E-state index in [0.29, 0.717) is 35.2 Å². The number of imidazole rings is 1. The van der Waals surface area contributed by atoms with Gasteiger partial charge in [-0.05, 0) is 43.5 Å². The highest BCUT2D eigenvalue weighted by Crippen LogP contribution is 2.29. The monoisotopic (exact) mass is 445 g/mol. The van der Waals surface area contributed by atoms with Crippen LogP contribution in [0.25, 0.3) is 11.0 Å². The minimum absolute atomic E-state index is 0.0310. The molecule has 1 unspecified atom stereocenters. The smallest absolute Gasteiger partial charge is 0.325 e. The molecule has 0 aliphatic heterocycles. The van der Waals surface area contributed by atoms with Gasteiger partial charge in [-0.15, -0.1) is 0 Å². The van der Waals surface area contributed by atoms with Crippen LogP contribution in [0, 0.1) is 0 Å². The van der Waals surface area contributed by atoms with Crippen molar-refractivity contribution in [3.05, 3.63) is 59.7 Å². The van der Waals surface area contributed by atoms with E-state index < -0.39 is 27.3 Å². The highest BCUT2D eigenvalue weighted by Gasteiger charge is 2.26. The number of aliphatic hydroxyl groups is 1. The molecule has 0 saturated heterocycles. The number of carbonyl (C=O) groups is 1. The van der Waals surface area contributed by atoms with Crippen molar-refractivity contribution in [3.63, 3.8) is 0 Å². The molecule has 0 saturated carbocycles. The third-order valence-corrected chi connectivity index (χ3v) is 6.85. The lowest BCUT2D eigenvalue weighted by Gasteiger charge is -2.15. The van der Waals surface area contributed by atoms with Gasteiger partial charge in [0.15, 0.2) is 0 Å². The predicted molar refractivity (Wildman–Crippen MR) is 119 cm³/mol. The van der Waals surface area contributed by atoms with Crippen LogP contribution in [-0.4, -0.2) is 46.9 Å². The lowest BCUT2D eigenvalue weighted by Crippen LogP contribution is -2.26. The van der Waals surface area contributed by atoms with Crippen molar-refractivity contribution in [3.8, 4) is 0 Å². The maximum absolute atomic E-state index is 13.1. The summed E-state index contributed by atoms with van der Waals surface area (Å²) in [6, 6.07) is 14.1. The second-order valence-electron chi connectivity index (χ2n) is 7.43. The quantitative estimate of drug-likeness (QED) is 0.487. The van der Waals surface area contributed by atoms with Gasteiger partial charge in [0.2, 0.25) is 16.0 Å². The number of benzene rings is 2. The molecule has 3 aromatic rings. The summed E-state index contributed by atoms with van der Waals surface area (Å²) in [4.78, 5) is 16.3. The van der Waals surface area contributed by atoms with Gasteiger partial charge in [-0.25, -0.2) is 17.4 Å². The number of esters is 1. The van der Waals surface area contributed by atoms with Crippen LogP contribution in [0.3, 0.4) is 0 Å². The van der Waals surface area contributed by atoms with E-state index in [9.17, 15) is 18.3 Å². The molecule has 166 valence electrons. The summed E-state index contributed by atoms with van der Waals surface area (Å²) >= 11 is 0. The molecule has 9 heteroatoms. The molecule has 0 aliphatic rings. The van der Waals surface area contributed by atoms with Crippen LogP contribution in [0.1, 0.15) is 44.4 Å². The van der Waals surface area contributed by atoms with Crippen molar-refractivity contribution in [1.29, 1.82) is 0 Å². The highest BCUT2D eigenvalue weighted by molar-refractivity contribution is 7.90. The van der Waals surface area contributed by atoms with Gasteiger partial charge in [-0.3, -0.25) is 4.79 Å². The van der Waals surface area contributed by atoms with Gasteiger partial charge in [0.25, 0.3) is 0 Å². The topological polar surface area (TPSA) is 111 Å². The number of aromatic nitrogens is 2. The Bertz CT molecular complexity index is 1160. The van der Waals surface area contributed by atoms with Gasteiger partial charge in [-0.2, -0.15) is 0 Å². The van der Waals surface area contributed by atoms with Crippen molar-refractivity contribution in [1.82, 2.24) is 8.96 Å². The Labute approximate surface area is 181 Å². The predicted octanol–water partition coefficient (Wildman–Crippen LogP) is 3.07. The molecule has 3 rings (SSSR count). The van der Waals surface area contributed by atoms with Crippen LogP contribution in [0.15, 0.2) is 48.5 Å². The zero-order valence-corrected chi connectivity index (χ0v) is 18.6. The van der Waals surface area contributed by atoms with E-state index in [0.717, 1.165) is 3.97 Å². The molecule has 0 amide bonds. The fraction of sp³-hybridized carbons (Fsp3) is 0.364. The molecule has 0 bridgehead atoms. The number of hydrogen-bond acceptors (Lipinski definition) is 7. The van der Waals surface area contributed by atoms with E-state index in [2.05, 4.69) is 10.3 Å². The van der Waals surface area contributed by atoms with E-state index >= 15 is 0 Å². The van der Waals surface area contributed by atoms with E-state index in [4.69, 9.17) is 4.74 Å². The summed E-state index contributed by atoms with van der Waals surface area (Å²) in [7, 11) is -3.80. The van der Waals surface area contributed by atoms with Crippen LogP contribution in [0.5, 0.6) is 0 Å². The summed E-state index contributed by atoms with van der Waals surface area (Å²) in [5, 5.41) is 12.8. The van der Waals surface area contributed by atoms with Crippen molar-refractivity contribution >= 4 is 33.0 Å². The first-order chi connectivity index (χ1) is 14.8. The molecular formula is C22H27N3O5S. The molecule has 8 nitrogen and oxygen atoms in total. The fourth-order valence-corrected chi connectivity index (χ4v) is 4.26. The lowest BCUT2D eigenvalue weighted by atomic mass is 10.0. The number of rotatable bonds is 9. The molecule has 1 atom stereocenters. The molecule has 1 heterocycles. The molecule has 2 aromatic carbocycles. The van der Waals surface area contributed by atoms with Gasteiger partial charge in [-0.1, -0.05) is 43.3 Å². The van der Waals surface area contributed by atoms with Crippen LogP contribution >= 0.6 is 0 Å². The second-order valence-corrected chi connectivity index (χ2v) is 9.77. The Morgan fingerprint density at radius 1 is 1.16 bits per heavy atom. The minimum Gasteiger partial charge on any atom is -0.464 e. The zero-order chi connectivity index (χ0) is 22.6. The number of aliphatic hydroxyl groups excluding tert-OH is 1. The third-order valence-electron chi connectivity index (χ3n) is 4.78. The van der Waals surface area contributed by atoms with Crippen LogP contribution in [0.4, 0.5) is 5.95 Å². The molecule has 0 radical (unpaired) electrons. The number of nitrogens with one attached hydrogen (secondary N) is 1. The minimum atomic E-state index is -3.80. The van der Waals surface area contributed by atoms with E-state index in [1.165, 1.54) is 0 Å². The van der Waals surface area contributed by atoms with Crippen LogP contribution in [-0.2, 0) is 19.6 Å². The van der Waals surface area contributed by atoms with E-state index in [1.807, 2.05) is 25.1 Å². The summed E-state index contributed by atoms with van der Waals surface area (Å²) in [6.45, 7) is 5.11. The first kappa shape index (κ1) is 22.8. The maximum atomic E-state index is 13.1. The molecule has 31 heavy (non-hydrogen) atoms. The number of hydrogen-bond donors (Lipinski definition) is 2. The normalized spacial score (nSPS) is 12.8. The second kappa shape index (κ2) is 9.49. The highest BCUT2D eigenvalue weighted by atomic mass is 32.2. The van der Waals surface area contributed by atoms with Crippen LogP contribution < -0.4 is 5.32 Å². The zero-order valence-electron chi connectivity index (χ0n) is 17.8. The number of ether oxygens (including phenoxy) is 1. The Hall–Kier alpha value is -2.91. The number of nitrogens with zero attached hydrogens (tertiary/aromatic N) is 2. The lowest BCUT2D eigenvalue weighted by molar-refractivity contribution is -0.141. The largest absolute Gasteiger partial charge is 0.464 e. The first-order valence-electron chi connectivity index (χ1n) is 10.1.